The lowest BCUT2D eigenvalue weighted by atomic mass is 10.2. The van der Waals surface area contributed by atoms with Gasteiger partial charge in [0.2, 0.25) is 0 Å². The van der Waals surface area contributed by atoms with Gasteiger partial charge in [-0.05, 0) is 17.9 Å². The van der Waals surface area contributed by atoms with Gasteiger partial charge in [-0.25, -0.2) is 9.59 Å². The zero-order valence-corrected chi connectivity index (χ0v) is 9.71. The topological polar surface area (TPSA) is 78.4 Å². The van der Waals surface area contributed by atoms with Gasteiger partial charge >= 0.3 is 12.0 Å². The second-order valence-electron chi connectivity index (χ2n) is 3.19. The van der Waals surface area contributed by atoms with Gasteiger partial charge in [0, 0.05) is 11.4 Å². The number of carbonyl (C=O) groups excluding carboxylic acids is 1. The molecule has 0 saturated heterocycles. The molecule has 1 atom stereocenters. The number of thiophene rings is 1. The van der Waals surface area contributed by atoms with Gasteiger partial charge in [-0.15, -0.1) is 11.3 Å². The van der Waals surface area contributed by atoms with Gasteiger partial charge in [0.1, 0.15) is 0 Å². The van der Waals surface area contributed by atoms with E-state index in [9.17, 15) is 9.59 Å². The van der Waals surface area contributed by atoms with Gasteiger partial charge < -0.3 is 15.7 Å². The van der Waals surface area contributed by atoms with E-state index >= 15 is 0 Å². The Kier molecular flexibility index (Phi) is 4.78. The molecule has 5 nitrogen and oxygen atoms in total. The smallest absolute Gasteiger partial charge is 0.331 e. The number of carboxylic acids is 1. The molecular weight excluding hydrogens is 228 g/mol. The van der Waals surface area contributed by atoms with Crippen molar-refractivity contribution in [1.82, 2.24) is 10.6 Å². The van der Waals surface area contributed by atoms with Crippen LogP contribution >= 0.6 is 11.3 Å². The molecule has 0 aliphatic rings. The fraction of sp³-hybridized carbons (Fsp3) is 0.400. The van der Waals surface area contributed by atoms with Crippen molar-refractivity contribution >= 4 is 23.3 Å². The van der Waals surface area contributed by atoms with E-state index < -0.39 is 18.0 Å². The molecular formula is C10H14N2O3S. The first-order chi connectivity index (χ1) is 7.65. The van der Waals surface area contributed by atoms with Crippen LogP contribution in [0.5, 0.6) is 0 Å². The van der Waals surface area contributed by atoms with Gasteiger partial charge in [0.15, 0.2) is 6.04 Å². The van der Waals surface area contributed by atoms with Crippen LogP contribution < -0.4 is 10.6 Å². The van der Waals surface area contributed by atoms with Crippen LogP contribution in [0, 0.1) is 0 Å². The quantitative estimate of drug-likeness (QED) is 0.733. The Morgan fingerprint density at radius 2 is 2.31 bits per heavy atom. The first kappa shape index (κ1) is 12.5. The van der Waals surface area contributed by atoms with Crippen molar-refractivity contribution < 1.29 is 14.7 Å². The molecule has 1 heterocycles. The summed E-state index contributed by atoms with van der Waals surface area (Å²) in [6.07, 6.45) is 0.810. The molecule has 0 radical (unpaired) electrons. The van der Waals surface area contributed by atoms with Gasteiger partial charge in [-0.1, -0.05) is 13.0 Å². The van der Waals surface area contributed by atoms with Gasteiger partial charge in [0.25, 0.3) is 0 Å². The normalized spacial score (nSPS) is 11.8. The minimum absolute atomic E-state index is 0.456. The van der Waals surface area contributed by atoms with Crippen LogP contribution in [0.4, 0.5) is 4.79 Å². The first-order valence-corrected chi connectivity index (χ1v) is 5.83. The lowest BCUT2D eigenvalue weighted by Gasteiger charge is -2.13. The van der Waals surface area contributed by atoms with Crippen LogP contribution in [0.2, 0.25) is 0 Å². The average Bonchev–Trinajstić information content (AvgIpc) is 2.75. The Morgan fingerprint density at radius 1 is 1.56 bits per heavy atom. The Labute approximate surface area is 97.5 Å². The molecule has 88 valence electrons. The maximum absolute atomic E-state index is 11.3. The molecule has 6 heteroatoms. The largest absolute Gasteiger partial charge is 0.479 e. The summed E-state index contributed by atoms with van der Waals surface area (Å²) in [5.74, 6) is -1.06. The van der Waals surface area contributed by atoms with Gasteiger partial charge in [0.05, 0.1) is 0 Å². The molecule has 0 saturated carbocycles. The second-order valence-corrected chi connectivity index (χ2v) is 4.17. The zero-order chi connectivity index (χ0) is 12.0. The molecule has 0 aliphatic heterocycles. The summed E-state index contributed by atoms with van der Waals surface area (Å²) in [6.45, 7) is 2.46. The molecule has 1 aromatic rings. The minimum Gasteiger partial charge on any atom is -0.479 e. The standard InChI is InChI=1S/C10H14N2O3S/c1-2-5-11-10(15)12-8(9(13)14)7-4-3-6-16-7/h3-4,6,8H,2,5H2,1H3,(H,13,14)(H2,11,12,15). The summed E-state index contributed by atoms with van der Waals surface area (Å²) in [5.41, 5.74) is 0. The third-order valence-electron chi connectivity index (χ3n) is 1.89. The number of hydrogen-bond donors (Lipinski definition) is 3. The van der Waals surface area contributed by atoms with Crippen molar-refractivity contribution in [3.63, 3.8) is 0 Å². The maximum Gasteiger partial charge on any atom is 0.331 e. The van der Waals surface area contributed by atoms with Crippen molar-refractivity contribution in [1.29, 1.82) is 0 Å². The summed E-state index contributed by atoms with van der Waals surface area (Å²) in [6, 6.07) is 2.00. The van der Waals surface area contributed by atoms with Crippen LogP contribution in [-0.4, -0.2) is 23.7 Å². The van der Waals surface area contributed by atoms with Crippen LogP contribution in [-0.2, 0) is 4.79 Å². The van der Waals surface area contributed by atoms with Crippen molar-refractivity contribution in [2.75, 3.05) is 6.54 Å². The van der Waals surface area contributed by atoms with Crippen LogP contribution in [0.1, 0.15) is 24.3 Å². The monoisotopic (exact) mass is 242 g/mol. The predicted octanol–water partition coefficient (Wildman–Crippen LogP) is 1.58. The highest BCUT2D eigenvalue weighted by molar-refractivity contribution is 7.10. The Balaban J connectivity index is 2.59. The Bertz CT molecular complexity index is 351. The summed E-state index contributed by atoms with van der Waals surface area (Å²) in [7, 11) is 0. The molecule has 1 rings (SSSR count). The number of aliphatic carboxylic acids is 1. The number of rotatable bonds is 5. The molecule has 0 aromatic carbocycles. The van der Waals surface area contributed by atoms with E-state index in [1.165, 1.54) is 11.3 Å². The molecule has 1 unspecified atom stereocenters. The lowest BCUT2D eigenvalue weighted by molar-refractivity contribution is -0.139. The summed E-state index contributed by atoms with van der Waals surface area (Å²) >= 11 is 1.30. The number of urea groups is 1. The molecule has 0 aliphatic carbocycles. The number of nitrogens with one attached hydrogen (secondary N) is 2. The Hall–Kier alpha value is -1.56. The summed E-state index contributed by atoms with van der Waals surface area (Å²) in [5, 5.41) is 15.7. The van der Waals surface area contributed by atoms with Gasteiger partial charge in [-0.2, -0.15) is 0 Å². The average molecular weight is 242 g/mol. The molecule has 0 spiro atoms. The number of carboxylic acid groups (broad SMARTS) is 1. The third-order valence-corrected chi connectivity index (χ3v) is 2.82. The fourth-order valence-corrected chi connectivity index (χ4v) is 1.90. The Morgan fingerprint density at radius 3 is 2.81 bits per heavy atom. The van der Waals surface area contributed by atoms with Crippen LogP contribution in [0.3, 0.4) is 0 Å². The second kappa shape index (κ2) is 6.12. The number of hydrogen-bond acceptors (Lipinski definition) is 3. The van der Waals surface area contributed by atoms with Gasteiger partial charge in [-0.3, -0.25) is 0 Å². The SMILES string of the molecule is CCCNC(=O)NC(C(=O)O)c1cccs1. The highest BCUT2D eigenvalue weighted by Gasteiger charge is 2.22. The highest BCUT2D eigenvalue weighted by Crippen LogP contribution is 2.18. The van der Waals surface area contributed by atoms with Crippen molar-refractivity contribution in [2.45, 2.75) is 19.4 Å². The van der Waals surface area contributed by atoms with E-state index in [-0.39, 0.29) is 0 Å². The van der Waals surface area contributed by atoms with E-state index in [4.69, 9.17) is 5.11 Å². The number of amides is 2. The zero-order valence-electron chi connectivity index (χ0n) is 8.90. The van der Waals surface area contributed by atoms with E-state index in [1.54, 1.807) is 17.5 Å². The number of carbonyl (C=O) groups is 2. The molecule has 3 N–H and O–H groups in total. The molecule has 0 bridgehead atoms. The lowest BCUT2D eigenvalue weighted by Crippen LogP contribution is -2.40. The third kappa shape index (κ3) is 3.54. The van der Waals surface area contributed by atoms with E-state index in [0.29, 0.717) is 11.4 Å². The maximum atomic E-state index is 11.3. The predicted molar refractivity (Wildman–Crippen MR) is 61.5 cm³/mol. The highest BCUT2D eigenvalue weighted by atomic mass is 32.1. The van der Waals surface area contributed by atoms with E-state index in [2.05, 4.69) is 10.6 Å². The first-order valence-electron chi connectivity index (χ1n) is 4.95. The van der Waals surface area contributed by atoms with E-state index in [0.717, 1.165) is 6.42 Å². The van der Waals surface area contributed by atoms with Crippen LogP contribution in [0.15, 0.2) is 17.5 Å². The molecule has 16 heavy (non-hydrogen) atoms. The summed E-state index contributed by atoms with van der Waals surface area (Å²) < 4.78 is 0. The molecule has 1 aromatic heterocycles. The molecule has 0 fully saturated rings. The summed E-state index contributed by atoms with van der Waals surface area (Å²) in [4.78, 5) is 22.9. The fourth-order valence-electron chi connectivity index (χ4n) is 1.13. The van der Waals surface area contributed by atoms with Crippen molar-refractivity contribution in [2.24, 2.45) is 0 Å². The van der Waals surface area contributed by atoms with Crippen LogP contribution in [0.25, 0.3) is 0 Å². The van der Waals surface area contributed by atoms with Crippen molar-refractivity contribution in [3.05, 3.63) is 22.4 Å². The van der Waals surface area contributed by atoms with E-state index in [1.807, 2.05) is 6.92 Å². The minimum atomic E-state index is -1.06. The molecule has 2 amide bonds. The van der Waals surface area contributed by atoms with Crippen molar-refractivity contribution in [3.8, 4) is 0 Å².